The Labute approximate surface area is 119 Å². The number of hydrogen-bond donors (Lipinski definition) is 0. The lowest BCUT2D eigenvalue weighted by Crippen LogP contribution is -2.41. The molecule has 0 N–H and O–H groups in total. The van der Waals surface area contributed by atoms with Gasteiger partial charge in [-0.25, -0.2) is 0 Å². The third-order valence-electron chi connectivity index (χ3n) is 3.70. The standard InChI is InChI=1S/C16H34OS/c1-8-16(10-13(3)4,11-14(5)6)15(12-18-7)17-9-2/h13-15H,8-12H2,1-7H3. The van der Waals surface area contributed by atoms with Crippen LogP contribution in [-0.2, 0) is 4.74 Å². The molecule has 0 spiro atoms. The van der Waals surface area contributed by atoms with Gasteiger partial charge in [0.1, 0.15) is 0 Å². The smallest absolute Gasteiger partial charge is 0.0721 e. The summed E-state index contributed by atoms with van der Waals surface area (Å²) in [6, 6.07) is 0. The van der Waals surface area contributed by atoms with Crippen LogP contribution in [0.3, 0.4) is 0 Å². The third kappa shape index (κ3) is 5.97. The molecule has 0 saturated heterocycles. The van der Waals surface area contributed by atoms with Crippen molar-refractivity contribution in [2.75, 3.05) is 18.6 Å². The molecule has 1 nitrogen and oxygen atoms in total. The molecular weight excluding hydrogens is 240 g/mol. The monoisotopic (exact) mass is 274 g/mol. The highest BCUT2D eigenvalue weighted by molar-refractivity contribution is 7.98. The summed E-state index contributed by atoms with van der Waals surface area (Å²) in [6.45, 7) is 14.7. The van der Waals surface area contributed by atoms with Crippen molar-refractivity contribution in [2.24, 2.45) is 17.3 Å². The van der Waals surface area contributed by atoms with Crippen LogP contribution in [0, 0.1) is 17.3 Å². The molecule has 0 rings (SSSR count). The Morgan fingerprint density at radius 1 is 1.00 bits per heavy atom. The Hall–Kier alpha value is 0.310. The first-order chi connectivity index (χ1) is 8.41. The Morgan fingerprint density at radius 2 is 1.50 bits per heavy atom. The SMILES string of the molecule is CCOC(CSC)C(CC)(CC(C)C)CC(C)C. The van der Waals surface area contributed by atoms with Crippen molar-refractivity contribution >= 4 is 11.8 Å². The van der Waals surface area contributed by atoms with Crippen LogP contribution in [0.2, 0.25) is 0 Å². The minimum Gasteiger partial charge on any atom is -0.377 e. The van der Waals surface area contributed by atoms with E-state index in [-0.39, 0.29) is 0 Å². The molecule has 0 saturated carbocycles. The topological polar surface area (TPSA) is 9.23 Å². The van der Waals surface area contributed by atoms with Gasteiger partial charge in [-0.2, -0.15) is 11.8 Å². The molecule has 110 valence electrons. The predicted molar refractivity (Wildman–Crippen MR) is 85.4 cm³/mol. The second-order valence-electron chi connectivity index (χ2n) is 6.31. The number of thioether (sulfide) groups is 1. The van der Waals surface area contributed by atoms with Gasteiger partial charge < -0.3 is 4.74 Å². The van der Waals surface area contributed by atoms with E-state index in [2.05, 4.69) is 47.8 Å². The highest BCUT2D eigenvalue weighted by Crippen LogP contribution is 2.42. The van der Waals surface area contributed by atoms with Crippen LogP contribution in [0.1, 0.15) is 60.8 Å². The van der Waals surface area contributed by atoms with Gasteiger partial charge in [0.2, 0.25) is 0 Å². The van der Waals surface area contributed by atoms with Crippen LogP contribution in [0.4, 0.5) is 0 Å². The summed E-state index contributed by atoms with van der Waals surface area (Å²) < 4.78 is 6.12. The molecule has 1 atom stereocenters. The van der Waals surface area contributed by atoms with Crippen molar-refractivity contribution in [1.82, 2.24) is 0 Å². The van der Waals surface area contributed by atoms with Crippen molar-refractivity contribution < 1.29 is 4.74 Å². The van der Waals surface area contributed by atoms with Crippen molar-refractivity contribution in [3.8, 4) is 0 Å². The van der Waals surface area contributed by atoms with Crippen molar-refractivity contribution in [3.05, 3.63) is 0 Å². The molecule has 0 aromatic rings. The lowest BCUT2D eigenvalue weighted by atomic mass is 9.69. The Bertz CT molecular complexity index is 185. The van der Waals surface area contributed by atoms with Crippen LogP contribution in [0.25, 0.3) is 0 Å². The molecule has 0 aliphatic heterocycles. The van der Waals surface area contributed by atoms with Gasteiger partial charge in [0.25, 0.3) is 0 Å². The highest BCUT2D eigenvalue weighted by Gasteiger charge is 2.38. The van der Waals surface area contributed by atoms with Gasteiger partial charge in [-0.3, -0.25) is 0 Å². The zero-order valence-corrected chi connectivity index (χ0v) is 14.4. The van der Waals surface area contributed by atoms with Crippen LogP contribution in [-0.4, -0.2) is 24.7 Å². The first-order valence-electron chi connectivity index (χ1n) is 7.52. The Balaban J connectivity index is 5.06. The van der Waals surface area contributed by atoms with Gasteiger partial charge in [-0.05, 0) is 49.7 Å². The highest BCUT2D eigenvalue weighted by atomic mass is 32.2. The lowest BCUT2D eigenvalue weighted by Gasteiger charge is -2.42. The van der Waals surface area contributed by atoms with E-state index in [1.165, 1.54) is 19.3 Å². The van der Waals surface area contributed by atoms with Crippen molar-refractivity contribution in [2.45, 2.75) is 66.9 Å². The van der Waals surface area contributed by atoms with Gasteiger partial charge >= 0.3 is 0 Å². The minimum atomic E-state index is 0.362. The van der Waals surface area contributed by atoms with Crippen LogP contribution < -0.4 is 0 Å². The molecule has 0 heterocycles. The zero-order valence-electron chi connectivity index (χ0n) is 13.6. The van der Waals surface area contributed by atoms with E-state index in [0.717, 1.165) is 24.2 Å². The van der Waals surface area contributed by atoms with Gasteiger partial charge in [-0.15, -0.1) is 0 Å². The van der Waals surface area contributed by atoms with E-state index in [9.17, 15) is 0 Å². The zero-order chi connectivity index (χ0) is 14.2. The number of ether oxygens (including phenoxy) is 1. The van der Waals surface area contributed by atoms with Gasteiger partial charge in [0.15, 0.2) is 0 Å². The van der Waals surface area contributed by atoms with E-state index < -0.39 is 0 Å². The minimum absolute atomic E-state index is 0.362. The maximum atomic E-state index is 6.12. The summed E-state index contributed by atoms with van der Waals surface area (Å²) in [5.41, 5.74) is 0.362. The molecule has 18 heavy (non-hydrogen) atoms. The number of rotatable bonds is 10. The first kappa shape index (κ1) is 18.3. The fourth-order valence-electron chi connectivity index (χ4n) is 3.24. The summed E-state index contributed by atoms with van der Waals surface area (Å²) in [6.07, 6.45) is 6.40. The Kier molecular flexibility index (Phi) is 9.41. The second-order valence-corrected chi connectivity index (χ2v) is 7.22. The van der Waals surface area contributed by atoms with Crippen LogP contribution >= 0.6 is 11.8 Å². The lowest BCUT2D eigenvalue weighted by molar-refractivity contribution is -0.0453. The van der Waals surface area contributed by atoms with Crippen molar-refractivity contribution in [1.29, 1.82) is 0 Å². The molecular formula is C16H34OS. The van der Waals surface area contributed by atoms with E-state index in [1.54, 1.807) is 0 Å². The maximum absolute atomic E-state index is 6.12. The van der Waals surface area contributed by atoms with Crippen LogP contribution in [0.5, 0.6) is 0 Å². The van der Waals surface area contributed by atoms with E-state index in [4.69, 9.17) is 4.74 Å². The van der Waals surface area contributed by atoms with Gasteiger partial charge in [0.05, 0.1) is 6.10 Å². The van der Waals surface area contributed by atoms with Crippen LogP contribution in [0.15, 0.2) is 0 Å². The fraction of sp³-hybridized carbons (Fsp3) is 1.00. The normalized spacial score (nSPS) is 14.5. The van der Waals surface area contributed by atoms with Crippen molar-refractivity contribution in [3.63, 3.8) is 0 Å². The molecule has 0 bridgehead atoms. The molecule has 0 fully saturated rings. The molecule has 0 aromatic carbocycles. The molecule has 1 unspecified atom stereocenters. The fourth-order valence-corrected chi connectivity index (χ4v) is 4.00. The molecule has 2 heteroatoms. The third-order valence-corrected chi connectivity index (χ3v) is 4.34. The first-order valence-corrected chi connectivity index (χ1v) is 8.91. The Morgan fingerprint density at radius 3 is 1.78 bits per heavy atom. The summed E-state index contributed by atoms with van der Waals surface area (Å²) in [5.74, 6) is 2.61. The largest absolute Gasteiger partial charge is 0.377 e. The molecule has 0 aliphatic carbocycles. The predicted octanol–water partition coefficient (Wildman–Crippen LogP) is 5.24. The maximum Gasteiger partial charge on any atom is 0.0721 e. The van der Waals surface area contributed by atoms with Gasteiger partial charge in [0, 0.05) is 12.4 Å². The average molecular weight is 275 g/mol. The van der Waals surface area contributed by atoms with E-state index >= 15 is 0 Å². The van der Waals surface area contributed by atoms with E-state index in [0.29, 0.717) is 11.5 Å². The summed E-state index contributed by atoms with van der Waals surface area (Å²) in [7, 11) is 0. The number of hydrogen-bond acceptors (Lipinski definition) is 2. The summed E-state index contributed by atoms with van der Waals surface area (Å²) in [4.78, 5) is 0. The molecule has 0 radical (unpaired) electrons. The summed E-state index contributed by atoms with van der Waals surface area (Å²) >= 11 is 1.92. The molecule has 0 aromatic heterocycles. The van der Waals surface area contributed by atoms with E-state index in [1.807, 2.05) is 11.8 Å². The summed E-state index contributed by atoms with van der Waals surface area (Å²) in [5, 5.41) is 0. The van der Waals surface area contributed by atoms with Gasteiger partial charge in [-0.1, -0.05) is 34.6 Å². The second kappa shape index (κ2) is 9.25. The molecule has 0 amide bonds. The average Bonchev–Trinajstić information content (AvgIpc) is 2.26. The quantitative estimate of drug-likeness (QED) is 0.538. The molecule has 0 aliphatic rings.